The van der Waals surface area contributed by atoms with Gasteiger partial charge in [0.25, 0.3) is 0 Å². The number of benzene rings is 2. The lowest BCUT2D eigenvalue weighted by atomic mass is 10.0. The van der Waals surface area contributed by atoms with Crippen LogP contribution in [0.5, 0.6) is 0 Å². The fraction of sp³-hybridized carbons (Fsp3) is 0.278. The minimum absolute atomic E-state index is 0.0414. The standard InChI is InChI=1S/C18H21F2N3/c1-12-6-4-5-7-16(12)13(2)23-18(21-3)22-11-14-10-15(19)8-9-17(14)20/h4-10,13H,11H2,1-3H3,(H2,21,22,23). The van der Waals surface area contributed by atoms with Crippen LogP contribution >= 0.6 is 0 Å². The van der Waals surface area contributed by atoms with Crippen LogP contribution in [0.2, 0.25) is 0 Å². The Balaban J connectivity index is 2.01. The van der Waals surface area contributed by atoms with Gasteiger partial charge in [0, 0.05) is 19.2 Å². The Morgan fingerprint density at radius 1 is 1.17 bits per heavy atom. The first-order chi connectivity index (χ1) is 11.0. The first-order valence-electron chi connectivity index (χ1n) is 7.48. The van der Waals surface area contributed by atoms with Crippen LogP contribution in [0.4, 0.5) is 8.78 Å². The van der Waals surface area contributed by atoms with Crippen LogP contribution in [0.25, 0.3) is 0 Å². The normalized spacial score (nSPS) is 12.8. The summed E-state index contributed by atoms with van der Waals surface area (Å²) in [7, 11) is 1.64. The lowest BCUT2D eigenvalue weighted by Gasteiger charge is -2.20. The lowest BCUT2D eigenvalue weighted by molar-refractivity contribution is 0.580. The van der Waals surface area contributed by atoms with Crippen molar-refractivity contribution in [1.82, 2.24) is 10.6 Å². The van der Waals surface area contributed by atoms with Crippen molar-refractivity contribution in [1.29, 1.82) is 0 Å². The van der Waals surface area contributed by atoms with E-state index >= 15 is 0 Å². The zero-order chi connectivity index (χ0) is 16.8. The predicted octanol–water partition coefficient (Wildman–Crippen LogP) is 3.70. The quantitative estimate of drug-likeness (QED) is 0.666. The van der Waals surface area contributed by atoms with Crippen molar-refractivity contribution in [2.45, 2.75) is 26.4 Å². The summed E-state index contributed by atoms with van der Waals surface area (Å²) in [6.45, 7) is 4.23. The molecular weight excluding hydrogens is 296 g/mol. The molecule has 5 heteroatoms. The Morgan fingerprint density at radius 3 is 2.61 bits per heavy atom. The molecule has 122 valence electrons. The van der Waals surface area contributed by atoms with Crippen LogP contribution in [0, 0.1) is 18.6 Å². The van der Waals surface area contributed by atoms with Crippen molar-refractivity contribution in [3.63, 3.8) is 0 Å². The van der Waals surface area contributed by atoms with E-state index in [0.29, 0.717) is 5.96 Å². The van der Waals surface area contributed by atoms with Crippen LogP contribution in [0.1, 0.15) is 29.7 Å². The summed E-state index contributed by atoms with van der Waals surface area (Å²) in [5.74, 6) is -0.370. The number of aliphatic imine (C=N–C) groups is 1. The molecule has 0 aliphatic carbocycles. The van der Waals surface area contributed by atoms with Crippen LogP contribution < -0.4 is 10.6 Å². The topological polar surface area (TPSA) is 36.4 Å². The van der Waals surface area contributed by atoms with E-state index in [2.05, 4.69) is 15.6 Å². The van der Waals surface area contributed by atoms with Gasteiger partial charge in [-0.2, -0.15) is 0 Å². The third-order valence-electron chi connectivity index (χ3n) is 3.69. The molecule has 0 aromatic heterocycles. The summed E-state index contributed by atoms with van der Waals surface area (Å²) < 4.78 is 26.8. The Hall–Kier alpha value is -2.43. The number of hydrogen-bond donors (Lipinski definition) is 2. The van der Waals surface area contributed by atoms with E-state index in [0.717, 1.165) is 17.7 Å². The highest BCUT2D eigenvalue weighted by Crippen LogP contribution is 2.16. The van der Waals surface area contributed by atoms with E-state index in [1.807, 2.05) is 38.1 Å². The molecule has 23 heavy (non-hydrogen) atoms. The van der Waals surface area contributed by atoms with Gasteiger partial charge in [-0.15, -0.1) is 0 Å². The zero-order valence-corrected chi connectivity index (χ0v) is 13.5. The average Bonchev–Trinajstić information content (AvgIpc) is 2.54. The van der Waals surface area contributed by atoms with E-state index in [1.165, 1.54) is 11.6 Å². The SMILES string of the molecule is CN=C(NCc1cc(F)ccc1F)NC(C)c1ccccc1C. The Kier molecular flexibility index (Phi) is 5.68. The van der Waals surface area contributed by atoms with Gasteiger partial charge in [0.05, 0.1) is 6.04 Å². The van der Waals surface area contributed by atoms with Crippen molar-refractivity contribution < 1.29 is 8.78 Å². The molecule has 0 saturated carbocycles. The third kappa shape index (κ3) is 4.52. The summed E-state index contributed by atoms with van der Waals surface area (Å²) in [6.07, 6.45) is 0. The van der Waals surface area contributed by atoms with Gasteiger partial charge in [0.15, 0.2) is 5.96 Å². The molecule has 0 amide bonds. The smallest absolute Gasteiger partial charge is 0.191 e. The van der Waals surface area contributed by atoms with E-state index in [1.54, 1.807) is 7.05 Å². The van der Waals surface area contributed by atoms with Crippen molar-refractivity contribution in [3.8, 4) is 0 Å². The van der Waals surface area contributed by atoms with Crippen molar-refractivity contribution in [2.75, 3.05) is 7.05 Å². The van der Waals surface area contributed by atoms with Gasteiger partial charge in [-0.1, -0.05) is 24.3 Å². The van der Waals surface area contributed by atoms with Gasteiger partial charge in [-0.3, -0.25) is 4.99 Å². The zero-order valence-electron chi connectivity index (χ0n) is 13.5. The predicted molar refractivity (Wildman–Crippen MR) is 89.3 cm³/mol. The van der Waals surface area contributed by atoms with Gasteiger partial charge in [-0.05, 0) is 43.2 Å². The minimum atomic E-state index is -0.459. The summed E-state index contributed by atoms with van der Waals surface area (Å²) >= 11 is 0. The highest BCUT2D eigenvalue weighted by Gasteiger charge is 2.10. The summed E-state index contributed by atoms with van der Waals surface area (Å²) in [6, 6.07) is 11.5. The van der Waals surface area contributed by atoms with Crippen LogP contribution in [0.3, 0.4) is 0 Å². The Bertz CT molecular complexity index is 698. The number of nitrogens with one attached hydrogen (secondary N) is 2. The van der Waals surface area contributed by atoms with Crippen LogP contribution in [0.15, 0.2) is 47.5 Å². The number of rotatable bonds is 4. The highest BCUT2D eigenvalue weighted by atomic mass is 19.1. The van der Waals surface area contributed by atoms with E-state index in [4.69, 9.17) is 0 Å². The molecule has 0 fully saturated rings. The minimum Gasteiger partial charge on any atom is -0.352 e. The van der Waals surface area contributed by atoms with Crippen molar-refractivity contribution in [2.24, 2.45) is 4.99 Å². The maximum atomic E-state index is 13.6. The largest absolute Gasteiger partial charge is 0.352 e. The first-order valence-corrected chi connectivity index (χ1v) is 7.48. The Labute approximate surface area is 135 Å². The number of nitrogens with zero attached hydrogens (tertiary/aromatic N) is 1. The van der Waals surface area contributed by atoms with Gasteiger partial charge in [-0.25, -0.2) is 8.78 Å². The summed E-state index contributed by atoms with van der Waals surface area (Å²) in [5, 5.41) is 6.26. The maximum absolute atomic E-state index is 13.6. The third-order valence-corrected chi connectivity index (χ3v) is 3.69. The molecule has 3 nitrogen and oxygen atoms in total. The number of hydrogen-bond acceptors (Lipinski definition) is 1. The molecule has 1 atom stereocenters. The molecule has 0 spiro atoms. The maximum Gasteiger partial charge on any atom is 0.191 e. The van der Waals surface area contributed by atoms with Gasteiger partial charge < -0.3 is 10.6 Å². The van der Waals surface area contributed by atoms with Crippen LogP contribution in [-0.4, -0.2) is 13.0 Å². The molecule has 2 rings (SSSR count). The number of aryl methyl sites for hydroxylation is 1. The highest BCUT2D eigenvalue weighted by molar-refractivity contribution is 5.80. The second-order valence-corrected chi connectivity index (χ2v) is 5.38. The van der Waals surface area contributed by atoms with E-state index in [9.17, 15) is 8.78 Å². The van der Waals surface area contributed by atoms with Gasteiger partial charge >= 0.3 is 0 Å². The molecule has 0 radical (unpaired) electrons. The molecular formula is C18H21F2N3. The molecule has 0 saturated heterocycles. The van der Waals surface area contributed by atoms with Gasteiger partial charge in [0.1, 0.15) is 11.6 Å². The second-order valence-electron chi connectivity index (χ2n) is 5.38. The monoisotopic (exact) mass is 317 g/mol. The molecule has 0 aliphatic heterocycles. The molecule has 2 aromatic rings. The van der Waals surface area contributed by atoms with Crippen LogP contribution in [-0.2, 0) is 6.54 Å². The first kappa shape index (κ1) is 16.9. The summed E-state index contributed by atoms with van der Waals surface area (Å²) in [5.41, 5.74) is 2.60. The second kappa shape index (κ2) is 7.72. The molecule has 1 unspecified atom stereocenters. The molecule has 2 N–H and O–H groups in total. The fourth-order valence-electron chi connectivity index (χ4n) is 2.41. The van der Waals surface area contributed by atoms with E-state index < -0.39 is 11.6 Å². The Morgan fingerprint density at radius 2 is 1.91 bits per heavy atom. The van der Waals surface area contributed by atoms with Crippen molar-refractivity contribution in [3.05, 3.63) is 70.8 Å². The average molecular weight is 317 g/mol. The summed E-state index contributed by atoms with van der Waals surface area (Å²) in [4.78, 5) is 4.13. The fourth-order valence-corrected chi connectivity index (χ4v) is 2.41. The molecule has 2 aromatic carbocycles. The molecule has 0 aliphatic rings. The van der Waals surface area contributed by atoms with Crippen molar-refractivity contribution >= 4 is 5.96 Å². The van der Waals surface area contributed by atoms with E-state index in [-0.39, 0.29) is 18.2 Å². The molecule has 0 bridgehead atoms. The number of guanidine groups is 1. The van der Waals surface area contributed by atoms with Gasteiger partial charge in [0.2, 0.25) is 0 Å². The molecule has 0 heterocycles. The lowest BCUT2D eigenvalue weighted by Crippen LogP contribution is -2.38. The number of halogens is 2.